The lowest BCUT2D eigenvalue weighted by Crippen LogP contribution is -2.12. The Balaban J connectivity index is 2.40. The van der Waals surface area contributed by atoms with Crippen LogP contribution in [0.5, 0.6) is 0 Å². The Kier molecular flexibility index (Phi) is 3.60. The van der Waals surface area contributed by atoms with E-state index in [2.05, 4.69) is 49.7 Å². The van der Waals surface area contributed by atoms with Crippen LogP contribution in [0.15, 0.2) is 23.6 Å². The summed E-state index contributed by atoms with van der Waals surface area (Å²) in [7, 11) is 1.96. The number of nitrogens with one attached hydrogen (secondary N) is 1. The predicted molar refractivity (Wildman–Crippen MR) is 74.5 cm³/mol. The minimum Gasteiger partial charge on any atom is -0.312 e. The van der Waals surface area contributed by atoms with Crippen LogP contribution in [0.1, 0.15) is 29.8 Å². The third-order valence-electron chi connectivity index (χ3n) is 3.02. The van der Waals surface area contributed by atoms with Gasteiger partial charge >= 0.3 is 0 Å². The van der Waals surface area contributed by atoms with E-state index in [1.807, 2.05) is 7.05 Å². The molecule has 1 unspecified atom stereocenters. The summed E-state index contributed by atoms with van der Waals surface area (Å²) in [6.45, 7) is 6.38. The Labute approximate surface area is 107 Å². The van der Waals surface area contributed by atoms with Crippen molar-refractivity contribution in [2.45, 2.75) is 26.8 Å². The highest BCUT2D eigenvalue weighted by atomic mass is 32.1. The molecule has 0 aliphatic carbocycles. The number of hydrogen-bond donors (Lipinski definition) is 1. The zero-order chi connectivity index (χ0) is 12.4. The first-order chi connectivity index (χ1) is 8.11. The molecule has 1 N–H and O–H groups in total. The quantitative estimate of drug-likeness (QED) is 0.893. The number of benzene rings is 1. The van der Waals surface area contributed by atoms with Gasteiger partial charge in [0.15, 0.2) is 0 Å². The Morgan fingerprint density at radius 3 is 2.76 bits per heavy atom. The van der Waals surface area contributed by atoms with Gasteiger partial charge in [0.05, 0.1) is 5.69 Å². The van der Waals surface area contributed by atoms with Crippen LogP contribution < -0.4 is 5.32 Å². The molecule has 1 aromatic carbocycles. The Hall–Kier alpha value is -1.19. The average molecular weight is 246 g/mol. The van der Waals surface area contributed by atoms with E-state index >= 15 is 0 Å². The fourth-order valence-electron chi connectivity index (χ4n) is 1.72. The van der Waals surface area contributed by atoms with Crippen molar-refractivity contribution in [1.29, 1.82) is 0 Å². The fraction of sp³-hybridized carbons (Fsp3) is 0.357. The molecule has 0 radical (unpaired) electrons. The first kappa shape index (κ1) is 12.3. The zero-order valence-corrected chi connectivity index (χ0v) is 11.6. The first-order valence-corrected chi connectivity index (χ1v) is 6.70. The Bertz CT molecular complexity index is 517. The molecule has 2 nitrogen and oxygen atoms in total. The maximum atomic E-state index is 4.71. The number of aromatic nitrogens is 1. The summed E-state index contributed by atoms with van der Waals surface area (Å²) in [5.74, 6) is 0. The molecule has 0 spiro atoms. The van der Waals surface area contributed by atoms with Crippen LogP contribution in [0.3, 0.4) is 0 Å². The monoisotopic (exact) mass is 246 g/mol. The lowest BCUT2D eigenvalue weighted by atomic mass is 10.1. The van der Waals surface area contributed by atoms with Gasteiger partial charge < -0.3 is 5.32 Å². The van der Waals surface area contributed by atoms with Crippen molar-refractivity contribution in [3.63, 3.8) is 0 Å². The lowest BCUT2D eigenvalue weighted by Gasteiger charge is -2.06. The van der Waals surface area contributed by atoms with Crippen molar-refractivity contribution in [1.82, 2.24) is 10.3 Å². The first-order valence-electron chi connectivity index (χ1n) is 5.82. The van der Waals surface area contributed by atoms with E-state index in [9.17, 15) is 0 Å². The summed E-state index contributed by atoms with van der Waals surface area (Å²) in [5.41, 5.74) is 4.94. The molecule has 0 aliphatic heterocycles. The van der Waals surface area contributed by atoms with E-state index in [1.165, 1.54) is 16.7 Å². The molecule has 0 bridgehead atoms. The second-order valence-electron chi connectivity index (χ2n) is 4.41. The normalized spacial score (nSPS) is 12.7. The van der Waals surface area contributed by atoms with Crippen LogP contribution >= 0.6 is 11.3 Å². The van der Waals surface area contributed by atoms with Gasteiger partial charge in [0, 0.05) is 17.0 Å². The number of thiazole rings is 1. The van der Waals surface area contributed by atoms with E-state index in [0.29, 0.717) is 6.04 Å². The number of hydrogen-bond acceptors (Lipinski definition) is 3. The smallest absolute Gasteiger partial charge is 0.123 e. The summed E-state index contributed by atoms with van der Waals surface area (Å²) < 4.78 is 0. The maximum Gasteiger partial charge on any atom is 0.123 e. The van der Waals surface area contributed by atoms with Crippen LogP contribution in [0.4, 0.5) is 0 Å². The fourth-order valence-corrected chi connectivity index (χ4v) is 2.72. The predicted octanol–water partition coefficient (Wildman–Crippen LogP) is 3.71. The van der Waals surface area contributed by atoms with Gasteiger partial charge in [-0.05, 0) is 39.4 Å². The van der Waals surface area contributed by atoms with Gasteiger partial charge in [-0.3, -0.25) is 0 Å². The minimum atomic E-state index is 0.310. The van der Waals surface area contributed by atoms with Crippen LogP contribution in [0.25, 0.3) is 10.6 Å². The summed E-state index contributed by atoms with van der Waals surface area (Å²) in [6.07, 6.45) is 0. The topological polar surface area (TPSA) is 24.9 Å². The maximum absolute atomic E-state index is 4.71. The molecule has 3 heteroatoms. The summed E-state index contributed by atoms with van der Waals surface area (Å²) in [4.78, 5) is 4.71. The van der Waals surface area contributed by atoms with Crippen molar-refractivity contribution in [2.24, 2.45) is 0 Å². The van der Waals surface area contributed by atoms with Gasteiger partial charge in [-0.15, -0.1) is 11.3 Å². The molecule has 0 amide bonds. The van der Waals surface area contributed by atoms with Crippen molar-refractivity contribution >= 4 is 11.3 Å². The molecular formula is C14H18N2S. The summed E-state index contributed by atoms with van der Waals surface area (Å²) >= 11 is 1.72. The van der Waals surface area contributed by atoms with Gasteiger partial charge in [0.2, 0.25) is 0 Å². The second-order valence-corrected chi connectivity index (χ2v) is 5.26. The van der Waals surface area contributed by atoms with Crippen molar-refractivity contribution < 1.29 is 0 Å². The standard InChI is InChI=1S/C14H18N2S/c1-9-5-6-10(2)12(7-9)14-16-13(8-17-14)11(3)15-4/h5-8,11,15H,1-4H3. The SMILES string of the molecule is CNC(C)c1csc(-c2cc(C)ccc2C)n1. The highest BCUT2D eigenvalue weighted by Gasteiger charge is 2.10. The van der Waals surface area contributed by atoms with Gasteiger partial charge in [-0.25, -0.2) is 4.98 Å². The lowest BCUT2D eigenvalue weighted by molar-refractivity contribution is 0.637. The summed E-state index contributed by atoms with van der Waals surface area (Å²) in [6, 6.07) is 6.82. The van der Waals surface area contributed by atoms with Crippen molar-refractivity contribution in [2.75, 3.05) is 7.05 Å². The van der Waals surface area contributed by atoms with Crippen LogP contribution in [0.2, 0.25) is 0 Å². The minimum absolute atomic E-state index is 0.310. The van der Waals surface area contributed by atoms with E-state index in [1.54, 1.807) is 11.3 Å². The number of nitrogens with zero attached hydrogens (tertiary/aromatic N) is 1. The van der Waals surface area contributed by atoms with E-state index in [-0.39, 0.29) is 0 Å². The molecule has 1 atom stereocenters. The largest absolute Gasteiger partial charge is 0.312 e. The third-order valence-corrected chi connectivity index (χ3v) is 3.92. The van der Waals surface area contributed by atoms with Gasteiger partial charge in [-0.2, -0.15) is 0 Å². The van der Waals surface area contributed by atoms with Crippen molar-refractivity contribution in [3.8, 4) is 10.6 Å². The molecule has 0 fully saturated rings. The van der Waals surface area contributed by atoms with E-state index in [4.69, 9.17) is 4.98 Å². The molecule has 0 aliphatic rings. The molecule has 1 heterocycles. The van der Waals surface area contributed by atoms with Gasteiger partial charge in [0.25, 0.3) is 0 Å². The van der Waals surface area contributed by atoms with E-state index < -0.39 is 0 Å². The van der Waals surface area contributed by atoms with Crippen LogP contribution in [0, 0.1) is 13.8 Å². The van der Waals surface area contributed by atoms with Crippen LogP contribution in [-0.4, -0.2) is 12.0 Å². The highest BCUT2D eigenvalue weighted by Crippen LogP contribution is 2.29. The van der Waals surface area contributed by atoms with Gasteiger partial charge in [-0.1, -0.05) is 17.7 Å². The Morgan fingerprint density at radius 1 is 1.29 bits per heavy atom. The number of aryl methyl sites for hydroxylation is 2. The molecular weight excluding hydrogens is 228 g/mol. The Morgan fingerprint density at radius 2 is 2.06 bits per heavy atom. The van der Waals surface area contributed by atoms with Crippen molar-refractivity contribution in [3.05, 3.63) is 40.4 Å². The average Bonchev–Trinajstić information content (AvgIpc) is 2.80. The zero-order valence-electron chi connectivity index (χ0n) is 10.7. The second kappa shape index (κ2) is 4.98. The molecule has 90 valence electrons. The molecule has 0 saturated heterocycles. The third kappa shape index (κ3) is 2.56. The van der Waals surface area contributed by atoms with E-state index in [0.717, 1.165) is 10.7 Å². The molecule has 0 saturated carbocycles. The molecule has 2 aromatic rings. The summed E-state index contributed by atoms with van der Waals surface area (Å²) in [5, 5.41) is 6.47. The molecule has 2 rings (SSSR count). The molecule has 17 heavy (non-hydrogen) atoms. The number of rotatable bonds is 3. The van der Waals surface area contributed by atoms with Gasteiger partial charge in [0.1, 0.15) is 5.01 Å². The highest BCUT2D eigenvalue weighted by molar-refractivity contribution is 7.13. The molecule has 1 aromatic heterocycles. The van der Waals surface area contributed by atoms with Crippen LogP contribution in [-0.2, 0) is 0 Å².